The molecule has 1 aromatic heterocycles. The number of nitrogens with zero attached hydrogens (tertiary/aromatic N) is 3. The number of hydrogen-bond acceptors (Lipinski definition) is 4. The molecule has 0 fully saturated rings. The maximum atomic E-state index is 11.6. The number of ether oxygens (including phenoxy) is 1. The van der Waals surface area contributed by atoms with Crippen LogP contribution in [0.15, 0.2) is 6.33 Å². The number of alkyl halides is 3. The van der Waals surface area contributed by atoms with Gasteiger partial charge in [0, 0.05) is 26.6 Å². The quantitative estimate of drug-likeness (QED) is 0.732. The van der Waals surface area contributed by atoms with Crippen molar-refractivity contribution >= 4 is 0 Å². The molecule has 0 saturated carbocycles. The van der Waals surface area contributed by atoms with E-state index >= 15 is 0 Å². The number of nitrogens with one attached hydrogen (secondary N) is 1. The topological polar surface area (TPSA) is 52.0 Å². The smallest absolute Gasteiger partial charge is 0.321 e. The Hall–Kier alpha value is -1.15. The monoisotopic (exact) mass is 238 g/mol. The maximum absolute atomic E-state index is 11.6. The Kier molecular flexibility index (Phi) is 4.69. The predicted molar refractivity (Wildman–Crippen MR) is 49.6 cm³/mol. The summed E-state index contributed by atoms with van der Waals surface area (Å²) in [5.74, 6) is 0.782. The van der Waals surface area contributed by atoms with Gasteiger partial charge >= 0.3 is 6.36 Å². The van der Waals surface area contributed by atoms with E-state index < -0.39 is 6.36 Å². The first kappa shape index (κ1) is 12.9. The first-order valence-corrected chi connectivity index (χ1v) is 4.73. The standard InChI is InChI=1S/C8H13F3N4O/c1-15-6-13-14-7(15)2-3-12-4-5-16-8(9,10)11/h6,12H,2-5H2,1H3. The Morgan fingerprint density at radius 3 is 2.75 bits per heavy atom. The van der Waals surface area contributed by atoms with Crippen LogP contribution in [0.25, 0.3) is 0 Å². The highest BCUT2D eigenvalue weighted by molar-refractivity contribution is 4.84. The average Bonchev–Trinajstić information content (AvgIpc) is 2.56. The molecule has 0 aliphatic rings. The molecule has 0 spiro atoms. The van der Waals surface area contributed by atoms with Crippen molar-refractivity contribution in [2.75, 3.05) is 19.7 Å². The zero-order valence-corrected chi connectivity index (χ0v) is 8.79. The van der Waals surface area contributed by atoms with Crippen molar-refractivity contribution in [1.29, 1.82) is 0 Å². The van der Waals surface area contributed by atoms with Gasteiger partial charge in [-0.3, -0.25) is 4.74 Å². The highest BCUT2D eigenvalue weighted by Gasteiger charge is 2.28. The first-order chi connectivity index (χ1) is 7.49. The fourth-order valence-electron chi connectivity index (χ4n) is 1.10. The van der Waals surface area contributed by atoms with Crippen LogP contribution < -0.4 is 5.32 Å². The van der Waals surface area contributed by atoms with Gasteiger partial charge in [0.1, 0.15) is 12.2 Å². The highest BCUT2D eigenvalue weighted by atomic mass is 19.4. The van der Waals surface area contributed by atoms with Gasteiger partial charge in [-0.25, -0.2) is 0 Å². The van der Waals surface area contributed by atoms with Crippen molar-refractivity contribution in [3.8, 4) is 0 Å². The minimum atomic E-state index is -4.55. The first-order valence-electron chi connectivity index (χ1n) is 4.73. The van der Waals surface area contributed by atoms with E-state index in [4.69, 9.17) is 0 Å². The number of aryl methyl sites for hydroxylation is 1. The fraction of sp³-hybridized carbons (Fsp3) is 0.750. The van der Waals surface area contributed by atoms with Crippen molar-refractivity contribution in [2.24, 2.45) is 7.05 Å². The molecule has 0 amide bonds. The van der Waals surface area contributed by atoms with Crippen LogP contribution in [-0.2, 0) is 18.2 Å². The molecule has 8 heteroatoms. The molecule has 0 aliphatic carbocycles. The lowest BCUT2D eigenvalue weighted by Gasteiger charge is -2.07. The van der Waals surface area contributed by atoms with Gasteiger partial charge in [-0.2, -0.15) is 0 Å². The van der Waals surface area contributed by atoms with E-state index in [-0.39, 0.29) is 13.2 Å². The third-order valence-electron chi connectivity index (χ3n) is 1.88. The predicted octanol–water partition coefficient (Wildman–Crippen LogP) is 0.484. The van der Waals surface area contributed by atoms with Gasteiger partial charge in [-0.05, 0) is 0 Å². The van der Waals surface area contributed by atoms with Crippen LogP contribution in [-0.4, -0.2) is 40.8 Å². The summed E-state index contributed by atoms with van der Waals surface area (Å²) >= 11 is 0. The molecule has 5 nitrogen and oxygen atoms in total. The van der Waals surface area contributed by atoms with Crippen LogP contribution in [0.4, 0.5) is 13.2 Å². The molecule has 0 aliphatic heterocycles. The molecule has 0 unspecified atom stereocenters. The molecule has 1 heterocycles. The summed E-state index contributed by atoms with van der Waals surface area (Å²) in [7, 11) is 1.81. The second kappa shape index (κ2) is 5.80. The Balaban J connectivity index is 2.03. The molecular weight excluding hydrogens is 225 g/mol. The molecule has 1 N–H and O–H groups in total. The van der Waals surface area contributed by atoms with Crippen LogP contribution in [0.1, 0.15) is 5.82 Å². The lowest BCUT2D eigenvalue weighted by atomic mass is 10.4. The highest BCUT2D eigenvalue weighted by Crippen LogP contribution is 2.14. The van der Waals surface area contributed by atoms with E-state index in [1.165, 1.54) is 0 Å². The van der Waals surface area contributed by atoms with Gasteiger partial charge in [0.05, 0.1) is 6.61 Å². The molecule has 0 atom stereocenters. The third-order valence-corrected chi connectivity index (χ3v) is 1.88. The van der Waals surface area contributed by atoms with Crippen molar-refractivity contribution in [3.05, 3.63) is 12.2 Å². The number of hydrogen-bond donors (Lipinski definition) is 1. The summed E-state index contributed by atoms with van der Waals surface area (Å²) < 4.78 is 40.1. The van der Waals surface area contributed by atoms with E-state index in [9.17, 15) is 13.2 Å². The summed E-state index contributed by atoms with van der Waals surface area (Å²) in [6, 6.07) is 0. The molecule has 0 bridgehead atoms. The Bertz CT molecular complexity index is 312. The SMILES string of the molecule is Cn1cnnc1CCNCCOC(F)(F)F. The third kappa shape index (κ3) is 5.08. The summed E-state index contributed by atoms with van der Waals surface area (Å²) in [4.78, 5) is 0. The molecule has 16 heavy (non-hydrogen) atoms. The zero-order valence-electron chi connectivity index (χ0n) is 8.79. The normalized spacial score (nSPS) is 12.0. The van der Waals surface area contributed by atoms with Gasteiger partial charge < -0.3 is 9.88 Å². The lowest BCUT2D eigenvalue weighted by molar-refractivity contribution is -0.323. The molecule has 0 saturated heterocycles. The Morgan fingerprint density at radius 2 is 2.19 bits per heavy atom. The van der Waals surface area contributed by atoms with E-state index in [1.54, 1.807) is 10.9 Å². The molecule has 92 valence electrons. The number of aromatic nitrogens is 3. The van der Waals surface area contributed by atoms with E-state index in [1.807, 2.05) is 7.05 Å². The van der Waals surface area contributed by atoms with Gasteiger partial charge in [0.25, 0.3) is 0 Å². The lowest BCUT2D eigenvalue weighted by Crippen LogP contribution is -2.26. The largest absolute Gasteiger partial charge is 0.522 e. The molecule has 0 aromatic carbocycles. The van der Waals surface area contributed by atoms with Gasteiger partial charge in [0.2, 0.25) is 0 Å². The van der Waals surface area contributed by atoms with Crippen molar-refractivity contribution in [1.82, 2.24) is 20.1 Å². The van der Waals surface area contributed by atoms with Crippen LogP contribution >= 0.6 is 0 Å². The minimum Gasteiger partial charge on any atom is -0.321 e. The molecule has 0 radical (unpaired) electrons. The molecular formula is C8H13F3N4O. The van der Waals surface area contributed by atoms with Crippen LogP contribution in [0, 0.1) is 0 Å². The van der Waals surface area contributed by atoms with E-state index in [2.05, 4.69) is 20.3 Å². The minimum absolute atomic E-state index is 0.150. The summed E-state index contributed by atoms with van der Waals surface area (Å²) in [5.41, 5.74) is 0. The van der Waals surface area contributed by atoms with Crippen molar-refractivity contribution < 1.29 is 17.9 Å². The number of halogens is 3. The van der Waals surface area contributed by atoms with Crippen LogP contribution in [0.5, 0.6) is 0 Å². The summed E-state index contributed by atoms with van der Waals surface area (Å²) in [6.07, 6.45) is -2.37. The molecule has 1 aromatic rings. The van der Waals surface area contributed by atoms with Crippen LogP contribution in [0.2, 0.25) is 0 Å². The average molecular weight is 238 g/mol. The maximum Gasteiger partial charge on any atom is 0.522 e. The van der Waals surface area contributed by atoms with Gasteiger partial charge in [-0.1, -0.05) is 0 Å². The Morgan fingerprint density at radius 1 is 1.44 bits per heavy atom. The Labute approximate surface area is 90.6 Å². The van der Waals surface area contributed by atoms with Crippen LogP contribution in [0.3, 0.4) is 0 Å². The summed E-state index contributed by atoms with van der Waals surface area (Å²) in [6.45, 7) is 0.299. The van der Waals surface area contributed by atoms with Gasteiger partial charge in [0.15, 0.2) is 0 Å². The van der Waals surface area contributed by atoms with E-state index in [0.29, 0.717) is 13.0 Å². The van der Waals surface area contributed by atoms with Crippen molar-refractivity contribution in [3.63, 3.8) is 0 Å². The van der Waals surface area contributed by atoms with Crippen molar-refractivity contribution in [2.45, 2.75) is 12.8 Å². The van der Waals surface area contributed by atoms with E-state index in [0.717, 1.165) is 5.82 Å². The zero-order chi connectivity index (χ0) is 12.0. The van der Waals surface area contributed by atoms with Gasteiger partial charge in [-0.15, -0.1) is 23.4 Å². The fourth-order valence-corrected chi connectivity index (χ4v) is 1.10. The summed E-state index contributed by atoms with van der Waals surface area (Å²) in [5, 5.41) is 10.3. The number of rotatable bonds is 6. The molecule has 1 rings (SSSR count). The second-order valence-electron chi connectivity index (χ2n) is 3.15. The second-order valence-corrected chi connectivity index (χ2v) is 3.15.